The first-order chi connectivity index (χ1) is 23.6. The van der Waals surface area contributed by atoms with E-state index in [1.807, 2.05) is 0 Å². The fourth-order valence-corrected chi connectivity index (χ4v) is 11.4. The van der Waals surface area contributed by atoms with Gasteiger partial charge in [-0.25, -0.2) is 0 Å². The highest BCUT2D eigenvalue weighted by Crippen LogP contribution is 2.67. The lowest BCUT2D eigenvalue weighted by atomic mass is 9.47. The lowest BCUT2D eigenvalue weighted by Crippen LogP contribution is -2.64. The predicted molar refractivity (Wildman–Crippen MR) is 181 cm³/mol. The second-order valence-electron chi connectivity index (χ2n) is 17.5. The van der Waals surface area contributed by atoms with Gasteiger partial charge in [0.05, 0.1) is 24.9 Å². The van der Waals surface area contributed by atoms with Crippen LogP contribution in [0, 0.1) is 46.3 Å². The summed E-state index contributed by atoms with van der Waals surface area (Å²) >= 11 is 0. The Balaban J connectivity index is 1.15. The van der Waals surface area contributed by atoms with Crippen LogP contribution in [0.1, 0.15) is 92.4 Å². The molecule has 12 heteroatoms. The van der Waals surface area contributed by atoms with Crippen molar-refractivity contribution in [3.63, 3.8) is 0 Å². The zero-order valence-electron chi connectivity index (χ0n) is 30.5. The molecular weight excluding hydrogens is 648 g/mol. The number of ether oxygens (including phenoxy) is 4. The lowest BCUT2D eigenvalue weighted by Gasteiger charge is -2.58. The molecular formula is C38H64O12. The van der Waals surface area contributed by atoms with Crippen molar-refractivity contribution in [2.45, 2.75) is 166 Å². The van der Waals surface area contributed by atoms with Crippen molar-refractivity contribution in [2.24, 2.45) is 46.3 Å². The Morgan fingerprint density at radius 1 is 0.840 bits per heavy atom. The number of aliphatic hydroxyl groups excluding tert-OH is 8. The van der Waals surface area contributed by atoms with Crippen molar-refractivity contribution in [1.82, 2.24) is 0 Å². The van der Waals surface area contributed by atoms with Gasteiger partial charge in [0, 0.05) is 6.61 Å². The van der Waals surface area contributed by atoms with E-state index in [1.54, 1.807) is 0 Å². The summed E-state index contributed by atoms with van der Waals surface area (Å²) in [5, 5.41) is 83.8. The SMILES string of the molecule is CC1O[C@@H](O[C@H]2C(O)[C@H](O)C(CO)O[C@H]2O[C@H]2CC[C@@]3(C)C(=CC[C@H]4[C@@H]5C[C@H](O)[C@H](C(C)CC[C@@H](C)CO)[C@@]5(C)CC[C@@H]43)C2)[C@@H](O)C(O)[C@H]1O. The number of fused-ring (bicyclic) bond motifs is 5. The molecule has 3 saturated carbocycles. The number of allylic oxidation sites excluding steroid dienone is 1. The fourth-order valence-electron chi connectivity index (χ4n) is 11.4. The molecule has 8 N–H and O–H groups in total. The largest absolute Gasteiger partial charge is 0.396 e. The molecule has 50 heavy (non-hydrogen) atoms. The summed E-state index contributed by atoms with van der Waals surface area (Å²) < 4.78 is 24.0. The van der Waals surface area contributed by atoms with Gasteiger partial charge in [-0.3, -0.25) is 0 Å². The molecule has 0 amide bonds. The molecule has 0 aromatic heterocycles. The third-order valence-electron chi connectivity index (χ3n) is 14.5. The Morgan fingerprint density at radius 2 is 1.58 bits per heavy atom. The molecule has 288 valence electrons. The van der Waals surface area contributed by atoms with Gasteiger partial charge in [0.25, 0.3) is 0 Å². The number of rotatable bonds is 10. The average molecular weight is 713 g/mol. The van der Waals surface area contributed by atoms with Crippen LogP contribution in [0.3, 0.4) is 0 Å². The number of aliphatic hydroxyl groups is 8. The predicted octanol–water partition coefficient (Wildman–Crippen LogP) is 1.62. The van der Waals surface area contributed by atoms with Crippen LogP contribution in [0.5, 0.6) is 0 Å². The number of hydrogen-bond donors (Lipinski definition) is 8. The molecule has 4 aliphatic carbocycles. The molecule has 6 rings (SSSR count). The van der Waals surface area contributed by atoms with E-state index < -0.39 is 68.0 Å². The van der Waals surface area contributed by atoms with Crippen LogP contribution in [-0.4, -0.2) is 128 Å². The van der Waals surface area contributed by atoms with Gasteiger partial charge in [0.1, 0.15) is 42.7 Å². The highest BCUT2D eigenvalue weighted by Gasteiger charge is 2.62. The Hall–Kier alpha value is -0.740. The van der Waals surface area contributed by atoms with E-state index in [4.69, 9.17) is 18.9 Å². The first kappa shape index (κ1) is 39.0. The molecule has 12 nitrogen and oxygen atoms in total. The fraction of sp³-hybridized carbons (Fsp3) is 0.947. The van der Waals surface area contributed by atoms with Crippen LogP contribution in [-0.2, 0) is 18.9 Å². The first-order valence-electron chi connectivity index (χ1n) is 19.3. The van der Waals surface area contributed by atoms with Crippen LogP contribution in [0.15, 0.2) is 11.6 Å². The van der Waals surface area contributed by atoms with Crippen LogP contribution < -0.4 is 0 Å². The minimum Gasteiger partial charge on any atom is -0.396 e. The van der Waals surface area contributed by atoms with E-state index in [9.17, 15) is 40.9 Å². The Bertz CT molecular complexity index is 1190. The van der Waals surface area contributed by atoms with Gasteiger partial charge in [0.2, 0.25) is 0 Å². The highest BCUT2D eigenvalue weighted by molar-refractivity contribution is 5.26. The third-order valence-corrected chi connectivity index (χ3v) is 14.5. The minimum absolute atomic E-state index is 0.00482. The summed E-state index contributed by atoms with van der Waals surface area (Å²) in [7, 11) is 0. The van der Waals surface area contributed by atoms with E-state index in [-0.39, 0.29) is 41.5 Å². The van der Waals surface area contributed by atoms with E-state index in [0.29, 0.717) is 30.1 Å². The molecule has 0 aromatic carbocycles. The van der Waals surface area contributed by atoms with Crippen LogP contribution >= 0.6 is 0 Å². The van der Waals surface area contributed by atoms with Crippen molar-refractivity contribution in [3.8, 4) is 0 Å². The summed E-state index contributed by atoms with van der Waals surface area (Å²) in [6, 6.07) is 0. The van der Waals surface area contributed by atoms with Gasteiger partial charge in [0.15, 0.2) is 12.6 Å². The molecule has 2 heterocycles. The zero-order chi connectivity index (χ0) is 36.3. The van der Waals surface area contributed by atoms with E-state index in [2.05, 4.69) is 33.8 Å². The minimum atomic E-state index is -1.62. The van der Waals surface area contributed by atoms with Crippen LogP contribution in [0.4, 0.5) is 0 Å². The van der Waals surface area contributed by atoms with Gasteiger partial charge < -0.3 is 59.8 Å². The molecule has 6 aliphatic rings. The molecule has 0 bridgehead atoms. The normalized spacial score (nSPS) is 52.0. The van der Waals surface area contributed by atoms with Gasteiger partial charge in [-0.15, -0.1) is 0 Å². The summed E-state index contributed by atoms with van der Waals surface area (Å²) in [4.78, 5) is 0. The summed E-state index contributed by atoms with van der Waals surface area (Å²) in [5.74, 6) is 2.40. The maximum atomic E-state index is 11.5. The average Bonchev–Trinajstić information content (AvgIpc) is 3.37. The second kappa shape index (κ2) is 15.2. The zero-order valence-corrected chi connectivity index (χ0v) is 30.5. The van der Waals surface area contributed by atoms with Gasteiger partial charge in [-0.1, -0.05) is 39.3 Å². The van der Waals surface area contributed by atoms with Crippen molar-refractivity contribution >= 4 is 0 Å². The van der Waals surface area contributed by atoms with E-state index in [1.165, 1.54) is 12.5 Å². The maximum absolute atomic E-state index is 11.5. The summed E-state index contributed by atoms with van der Waals surface area (Å²) in [6.07, 6.45) is -3.36. The van der Waals surface area contributed by atoms with Crippen molar-refractivity contribution in [2.75, 3.05) is 13.2 Å². The molecule has 0 spiro atoms. The maximum Gasteiger partial charge on any atom is 0.187 e. The van der Waals surface area contributed by atoms with Gasteiger partial charge in [-0.2, -0.15) is 0 Å². The summed E-state index contributed by atoms with van der Waals surface area (Å²) in [5.41, 5.74) is 1.44. The molecule has 20 atom stereocenters. The van der Waals surface area contributed by atoms with Crippen molar-refractivity contribution < 1.29 is 59.8 Å². The molecule has 5 unspecified atom stereocenters. The smallest absolute Gasteiger partial charge is 0.187 e. The lowest BCUT2D eigenvalue weighted by molar-refractivity contribution is -0.369. The van der Waals surface area contributed by atoms with E-state index in [0.717, 1.165) is 51.4 Å². The Kier molecular flexibility index (Phi) is 11.8. The highest BCUT2D eigenvalue weighted by atomic mass is 16.8. The second-order valence-corrected chi connectivity index (χ2v) is 17.5. The standard InChI is InChI=1S/C38H64O12/c1-18(16-39)6-7-19(2)28-26(41)15-25-23-9-8-21-14-22(10-12-37(21,4)24(23)11-13-38(25,28)5)48-36-34(32(45)30(43)27(17-40)49-36)50-35-33(46)31(44)29(42)20(3)47-35/h8,18-20,22-36,39-46H,6-7,9-17H2,1-5H3/t18-,19?,20?,22+,23-,24+,25+,26+,27?,28+,29+,30-,31?,32?,33+,34+,35+,36-,37+,38+/m1/s1. The van der Waals surface area contributed by atoms with Gasteiger partial charge >= 0.3 is 0 Å². The van der Waals surface area contributed by atoms with E-state index >= 15 is 0 Å². The topological polar surface area (TPSA) is 199 Å². The van der Waals surface area contributed by atoms with Crippen LogP contribution in [0.2, 0.25) is 0 Å². The number of hydrogen-bond acceptors (Lipinski definition) is 12. The quantitative estimate of drug-likeness (QED) is 0.153. The first-order valence-corrected chi connectivity index (χ1v) is 19.3. The molecule has 0 radical (unpaired) electrons. The monoisotopic (exact) mass is 712 g/mol. The van der Waals surface area contributed by atoms with Crippen LogP contribution in [0.25, 0.3) is 0 Å². The third kappa shape index (κ3) is 6.88. The Labute approximate surface area is 296 Å². The molecule has 5 fully saturated rings. The molecule has 2 aliphatic heterocycles. The van der Waals surface area contributed by atoms with Crippen molar-refractivity contribution in [1.29, 1.82) is 0 Å². The summed E-state index contributed by atoms with van der Waals surface area (Å²) in [6.45, 7) is 10.4. The Morgan fingerprint density at radius 3 is 2.28 bits per heavy atom. The molecule has 2 saturated heterocycles. The van der Waals surface area contributed by atoms with Crippen molar-refractivity contribution in [3.05, 3.63) is 11.6 Å². The molecule has 0 aromatic rings. The van der Waals surface area contributed by atoms with Gasteiger partial charge in [-0.05, 0) is 111 Å².